The molecule has 1 aliphatic rings. The number of hydrogen-bond donors (Lipinski definition) is 1. The third-order valence-corrected chi connectivity index (χ3v) is 4.20. The summed E-state index contributed by atoms with van der Waals surface area (Å²) in [6.07, 6.45) is 1.66. The fraction of sp³-hybridized carbons (Fsp3) is 0.312. The van der Waals surface area contributed by atoms with Gasteiger partial charge in [-0.2, -0.15) is 5.26 Å². The van der Waals surface area contributed by atoms with E-state index in [9.17, 15) is 4.79 Å². The molecule has 0 unspecified atom stereocenters. The van der Waals surface area contributed by atoms with Gasteiger partial charge in [0.25, 0.3) is 5.91 Å². The van der Waals surface area contributed by atoms with Crippen molar-refractivity contribution in [2.45, 2.75) is 31.8 Å². The molecule has 1 fully saturated rings. The van der Waals surface area contributed by atoms with Crippen molar-refractivity contribution < 1.29 is 9.53 Å². The molecule has 3 rings (SSSR count). The molecule has 1 N–H and O–H groups in total. The number of rotatable bonds is 5. The highest BCUT2D eigenvalue weighted by molar-refractivity contribution is 7.13. The number of hydrogen-bond acceptors (Lipinski definition) is 5. The van der Waals surface area contributed by atoms with Crippen LogP contribution in [0.15, 0.2) is 29.6 Å². The number of amides is 1. The quantitative estimate of drug-likeness (QED) is 0.919. The Labute approximate surface area is 132 Å². The second-order valence-electron chi connectivity index (χ2n) is 5.21. The van der Waals surface area contributed by atoms with E-state index in [2.05, 4.69) is 10.3 Å². The van der Waals surface area contributed by atoms with Crippen LogP contribution in [0.5, 0.6) is 5.75 Å². The second kappa shape index (κ2) is 6.16. The summed E-state index contributed by atoms with van der Waals surface area (Å²) in [4.78, 5) is 16.6. The Kier molecular flexibility index (Phi) is 4.07. The molecule has 0 radical (unpaired) electrons. The van der Waals surface area contributed by atoms with Gasteiger partial charge >= 0.3 is 0 Å². The topological polar surface area (TPSA) is 75.0 Å². The number of ether oxygens (including phenoxy) is 1. The minimum Gasteiger partial charge on any atom is -0.480 e. The van der Waals surface area contributed by atoms with E-state index >= 15 is 0 Å². The SMILES string of the molecule is C[C@@H](Oc1ccccc1C#N)C(=O)Nc1nc(C2CC2)cs1. The molecule has 1 aliphatic carbocycles. The Balaban J connectivity index is 1.62. The number of aromatic nitrogens is 1. The molecule has 0 aliphatic heterocycles. The number of carbonyl (C=O) groups excluding carboxylic acids is 1. The highest BCUT2D eigenvalue weighted by atomic mass is 32.1. The van der Waals surface area contributed by atoms with Crippen LogP contribution >= 0.6 is 11.3 Å². The van der Waals surface area contributed by atoms with Gasteiger partial charge in [0.2, 0.25) is 0 Å². The summed E-state index contributed by atoms with van der Waals surface area (Å²) in [5.74, 6) is 0.702. The zero-order valence-electron chi connectivity index (χ0n) is 12.1. The van der Waals surface area contributed by atoms with E-state index in [0.29, 0.717) is 22.4 Å². The Hall–Kier alpha value is -2.39. The molecule has 1 heterocycles. The van der Waals surface area contributed by atoms with Crippen LogP contribution in [-0.4, -0.2) is 17.0 Å². The summed E-state index contributed by atoms with van der Waals surface area (Å²) in [5, 5.41) is 14.4. The maximum atomic E-state index is 12.2. The van der Waals surface area contributed by atoms with Crippen LogP contribution in [0.3, 0.4) is 0 Å². The zero-order chi connectivity index (χ0) is 15.5. The molecular weight excluding hydrogens is 298 g/mol. The van der Waals surface area contributed by atoms with Gasteiger partial charge in [-0.3, -0.25) is 10.1 Å². The lowest BCUT2D eigenvalue weighted by Gasteiger charge is -2.14. The molecule has 1 atom stereocenters. The van der Waals surface area contributed by atoms with Gasteiger partial charge in [-0.15, -0.1) is 11.3 Å². The van der Waals surface area contributed by atoms with Crippen LogP contribution in [0.4, 0.5) is 5.13 Å². The molecule has 1 saturated carbocycles. The van der Waals surface area contributed by atoms with Crippen LogP contribution in [0, 0.1) is 11.3 Å². The average Bonchev–Trinajstić information content (AvgIpc) is 3.28. The molecule has 2 aromatic rings. The number of nitrogens with zero attached hydrogens (tertiary/aromatic N) is 2. The van der Waals surface area contributed by atoms with E-state index in [0.717, 1.165) is 5.69 Å². The minimum atomic E-state index is -0.706. The van der Waals surface area contributed by atoms with Gasteiger partial charge in [-0.25, -0.2) is 4.98 Å². The molecule has 6 heteroatoms. The fourth-order valence-corrected chi connectivity index (χ4v) is 2.82. The molecule has 1 amide bonds. The van der Waals surface area contributed by atoms with Crippen molar-refractivity contribution >= 4 is 22.4 Å². The van der Waals surface area contributed by atoms with Gasteiger partial charge in [0.15, 0.2) is 11.2 Å². The van der Waals surface area contributed by atoms with Gasteiger partial charge in [-0.1, -0.05) is 12.1 Å². The van der Waals surface area contributed by atoms with Gasteiger partial charge in [0.1, 0.15) is 11.8 Å². The second-order valence-corrected chi connectivity index (χ2v) is 6.07. The molecule has 5 nitrogen and oxygen atoms in total. The van der Waals surface area contributed by atoms with Crippen molar-refractivity contribution in [1.29, 1.82) is 5.26 Å². The van der Waals surface area contributed by atoms with E-state index in [4.69, 9.17) is 10.00 Å². The predicted octanol–water partition coefficient (Wildman–Crippen LogP) is 3.30. The highest BCUT2D eigenvalue weighted by Gasteiger charge is 2.26. The molecule has 0 saturated heterocycles. The third-order valence-electron chi connectivity index (χ3n) is 3.43. The molecule has 1 aromatic carbocycles. The van der Waals surface area contributed by atoms with Gasteiger partial charge in [-0.05, 0) is 31.9 Å². The molecular formula is C16H15N3O2S. The fourth-order valence-electron chi connectivity index (χ4n) is 2.02. The number of anilines is 1. The summed E-state index contributed by atoms with van der Waals surface area (Å²) in [5.41, 5.74) is 1.47. The van der Waals surface area contributed by atoms with E-state index in [1.165, 1.54) is 24.2 Å². The lowest BCUT2D eigenvalue weighted by molar-refractivity contribution is -0.122. The number of nitrogens with one attached hydrogen (secondary N) is 1. The zero-order valence-corrected chi connectivity index (χ0v) is 12.9. The largest absolute Gasteiger partial charge is 0.480 e. The molecule has 0 spiro atoms. The first-order valence-corrected chi connectivity index (χ1v) is 7.97. The number of carbonyl (C=O) groups is 1. The summed E-state index contributed by atoms with van der Waals surface area (Å²) >= 11 is 1.43. The van der Waals surface area contributed by atoms with Gasteiger partial charge < -0.3 is 4.74 Å². The molecule has 22 heavy (non-hydrogen) atoms. The number of para-hydroxylation sites is 1. The van der Waals surface area contributed by atoms with E-state index in [1.54, 1.807) is 31.2 Å². The lowest BCUT2D eigenvalue weighted by atomic mass is 10.2. The Morgan fingerprint density at radius 1 is 1.50 bits per heavy atom. The predicted molar refractivity (Wildman–Crippen MR) is 84.0 cm³/mol. The monoisotopic (exact) mass is 313 g/mol. The smallest absolute Gasteiger partial charge is 0.266 e. The van der Waals surface area contributed by atoms with E-state index in [-0.39, 0.29) is 5.91 Å². The first-order valence-electron chi connectivity index (χ1n) is 7.09. The van der Waals surface area contributed by atoms with Crippen molar-refractivity contribution in [1.82, 2.24) is 4.98 Å². The first-order chi connectivity index (χ1) is 10.7. The third kappa shape index (κ3) is 3.26. The van der Waals surface area contributed by atoms with Crippen molar-refractivity contribution in [2.24, 2.45) is 0 Å². The van der Waals surface area contributed by atoms with Crippen LogP contribution < -0.4 is 10.1 Å². The van der Waals surface area contributed by atoms with Crippen LogP contribution in [0.25, 0.3) is 0 Å². The first kappa shape index (κ1) is 14.5. The van der Waals surface area contributed by atoms with Crippen molar-refractivity contribution in [3.63, 3.8) is 0 Å². The van der Waals surface area contributed by atoms with Crippen LogP contribution in [0.2, 0.25) is 0 Å². The minimum absolute atomic E-state index is 0.274. The summed E-state index contributed by atoms with van der Waals surface area (Å²) in [7, 11) is 0. The molecule has 112 valence electrons. The molecule has 0 bridgehead atoms. The summed E-state index contributed by atoms with van der Waals surface area (Å²) in [6.45, 7) is 1.65. The number of benzene rings is 1. The Morgan fingerprint density at radius 3 is 3.00 bits per heavy atom. The van der Waals surface area contributed by atoms with E-state index in [1.807, 2.05) is 11.4 Å². The van der Waals surface area contributed by atoms with E-state index < -0.39 is 6.10 Å². The van der Waals surface area contributed by atoms with Crippen LogP contribution in [-0.2, 0) is 4.79 Å². The van der Waals surface area contributed by atoms with Gasteiger partial charge in [0.05, 0.1) is 11.3 Å². The van der Waals surface area contributed by atoms with Crippen molar-refractivity contribution in [3.05, 3.63) is 40.9 Å². The van der Waals surface area contributed by atoms with Crippen LogP contribution in [0.1, 0.15) is 36.9 Å². The molecule has 1 aromatic heterocycles. The maximum absolute atomic E-state index is 12.2. The summed E-state index contributed by atoms with van der Waals surface area (Å²) in [6, 6.07) is 8.90. The highest BCUT2D eigenvalue weighted by Crippen LogP contribution is 2.40. The Morgan fingerprint density at radius 2 is 2.27 bits per heavy atom. The standard InChI is InChI=1S/C16H15N3O2S/c1-10(21-14-5-3-2-4-12(14)8-17)15(20)19-16-18-13(9-22-16)11-6-7-11/h2-5,9-11H,6-7H2,1H3,(H,18,19,20)/t10-/m1/s1. The number of thiazole rings is 1. The number of nitriles is 1. The average molecular weight is 313 g/mol. The van der Waals surface area contributed by atoms with Crippen molar-refractivity contribution in [3.8, 4) is 11.8 Å². The van der Waals surface area contributed by atoms with Crippen molar-refractivity contribution in [2.75, 3.05) is 5.32 Å². The Bertz CT molecular complexity index is 731. The van der Waals surface area contributed by atoms with Gasteiger partial charge in [0, 0.05) is 11.3 Å². The normalized spacial score (nSPS) is 14.9. The lowest BCUT2D eigenvalue weighted by Crippen LogP contribution is -2.30. The maximum Gasteiger partial charge on any atom is 0.266 e. The summed E-state index contributed by atoms with van der Waals surface area (Å²) < 4.78 is 5.58.